The molecule has 102 valence electrons. The van der Waals surface area contributed by atoms with Gasteiger partial charge in [-0.25, -0.2) is 4.98 Å². The number of aromatic amines is 1. The number of H-pyrrole nitrogens is 1. The van der Waals surface area contributed by atoms with Crippen LogP contribution in [0.3, 0.4) is 0 Å². The topological polar surface area (TPSA) is 70.7 Å². The molecule has 0 spiro atoms. The summed E-state index contributed by atoms with van der Waals surface area (Å²) < 4.78 is 0. The molecule has 0 atom stereocenters. The average Bonchev–Trinajstić information content (AvgIpc) is 3.04. The first kappa shape index (κ1) is 12.1. The Morgan fingerprint density at radius 3 is 3.00 bits per heavy atom. The number of anilines is 1. The molecule has 0 radical (unpaired) electrons. The first-order chi connectivity index (χ1) is 10.2. The van der Waals surface area contributed by atoms with Crippen LogP contribution >= 0.6 is 11.6 Å². The van der Waals surface area contributed by atoms with Crippen LogP contribution in [0.15, 0.2) is 36.5 Å². The van der Waals surface area contributed by atoms with Gasteiger partial charge in [-0.1, -0.05) is 23.7 Å². The summed E-state index contributed by atoms with van der Waals surface area (Å²) in [5.74, 6) is -0.176. The SMILES string of the molecule is O=C1Nc2ccc(Cl)nc2/C1=C\c1ccc2cn[nH]c2c1. The molecule has 2 N–H and O–H groups in total. The van der Waals surface area contributed by atoms with E-state index in [4.69, 9.17) is 11.6 Å². The maximum absolute atomic E-state index is 12.1. The summed E-state index contributed by atoms with van der Waals surface area (Å²) in [6, 6.07) is 9.22. The lowest BCUT2D eigenvalue weighted by Crippen LogP contribution is -2.03. The molecule has 5 nitrogen and oxygen atoms in total. The minimum absolute atomic E-state index is 0.176. The lowest BCUT2D eigenvalue weighted by Gasteiger charge is -1.99. The molecule has 1 aliphatic heterocycles. The molecule has 0 saturated heterocycles. The van der Waals surface area contributed by atoms with Crippen LogP contribution in [0.25, 0.3) is 22.6 Å². The number of carbonyl (C=O) groups excluding carboxylic acids is 1. The molecule has 3 aromatic rings. The van der Waals surface area contributed by atoms with Gasteiger partial charge in [0, 0.05) is 5.39 Å². The van der Waals surface area contributed by atoms with Crippen molar-refractivity contribution in [2.24, 2.45) is 0 Å². The number of hydrogen-bond acceptors (Lipinski definition) is 3. The summed E-state index contributed by atoms with van der Waals surface area (Å²) >= 11 is 5.91. The predicted octanol–water partition coefficient (Wildman–Crippen LogP) is 3.10. The van der Waals surface area contributed by atoms with Crippen molar-refractivity contribution in [2.75, 3.05) is 5.32 Å². The van der Waals surface area contributed by atoms with Gasteiger partial charge in [0.25, 0.3) is 5.91 Å². The standard InChI is InChI=1S/C15H9ClN4O/c16-13-4-3-11-14(19-13)10(15(21)18-11)5-8-1-2-9-7-17-20-12(9)6-8/h1-7H,(H,17,20)(H,18,21)/b10-5+. The van der Waals surface area contributed by atoms with Crippen LogP contribution in [0, 0.1) is 0 Å². The van der Waals surface area contributed by atoms with Gasteiger partial charge < -0.3 is 5.32 Å². The smallest absolute Gasteiger partial charge is 0.258 e. The van der Waals surface area contributed by atoms with Gasteiger partial charge in [-0.05, 0) is 29.8 Å². The highest BCUT2D eigenvalue weighted by Gasteiger charge is 2.25. The summed E-state index contributed by atoms with van der Waals surface area (Å²) in [6.07, 6.45) is 3.55. The van der Waals surface area contributed by atoms with Crippen molar-refractivity contribution < 1.29 is 4.79 Å². The summed E-state index contributed by atoms with van der Waals surface area (Å²) in [5.41, 5.74) is 3.58. The summed E-state index contributed by atoms with van der Waals surface area (Å²) in [7, 11) is 0. The zero-order valence-electron chi connectivity index (χ0n) is 10.7. The lowest BCUT2D eigenvalue weighted by molar-refractivity contribution is -0.110. The van der Waals surface area contributed by atoms with Crippen molar-refractivity contribution in [1.82, 2.24) is 15.2 Å². The number of nitrogens with one attached hydrogen (secondary N) is 2. The molecule has 3 heterocycles. The Morgan fingerprint density at radius 2 is 2.10 bits per heavy atom. The first-order valence-corrected chi connectivity index (χ1v) is 6.71. The van der Waals surface area contributed by atoms with Gasteiger partial charge in [0.2, 0.25) is 0 Å². The maximum Gasteiger partial charge on any atom is 0.258 e. The largest absolute Gasteiger partial charge is 0.320 e. The van der Waals surface area contributed by atoms with Gasteiger partial charge in [-0.2, -0.15) is 5.10 Å². The van der Waals surface area contributed by atoms with Crippen molar-refractivity contribution in [3.63, 3.8) is 0 Å². The zero-order chi connectivity index (χ0) is 14.4. The lowest BCUT2D eigenvalue weighted by atomic mass is 10.1. The number of carbonyl (C=O) groups is 1. The summed E-state index contributed by atoms with van der Waals surface area (Å²) in [6.45, 7) is 0. The fourth-order valence-electron chi connectivity index (χ4n) is 2.38. The Morgan fingerprint density at radius 1 is 1.19 bits per heavy atom. The van der Waals surface area contributed by atoms with E-state index in [1.165, 1.54) is 0 Å². The second-order valence-electron chi connectivity index (χ2n) is 4.76. The van der Waals surface area contributed by atoms with Crippen molar-refractivity contribution in [2.45, 2.75) is 0 Å². The van der Waals surface area contributed by atoms with E-state index in [0.29, 0.717) is 22.1 Å². The van der Waals surface area contributed by atoms with E-state index >= 15 is 0 Å². The quantitative estimate of drug-likeness (QED) is 0.535. The number of hydrogen-bond donors (Lipinski definition) is 2. The van der Waals surface area contributed by atoms with E-state index < -0.39 is 0 Å². The molecule has 0 saturated carbocycles. The third-order valence-corrected chi connectivity index (χ3v) is 3.60. The van der Waals surface area contributed by atoms with E-state index in [-0.39, 0.29) is 5.91 Å². The van der Waals surface area contributed by atoms with E-state index in [0.717, 1.165) is 16.5 Å². The molecule has 0 aliphatic carbocycles. The molecule has 6 heteroatoms. The number of fused-ring (bicyclic) bond motifs is 2. The molecule has 21 heavy (non-hydrogen) atoms. The minimum atomic E-state index is -0.176. The molecule has 0 bridgehead atoms. The van der Waals surface area contributed by atoms with Crippen LogP contribution in [0.4, 0.5) is 5.69 Å². The Hall–Kier alpha value is -2.66. The predicted molar refractivity (Wildman–Crippen MR) is 81.8 cm³/mol. The molecule has 4 rings (SSSR count). The van der Waals surface area contributed by atoms with Gasteiger partial charge in [0.15, 0.2) is 0 Å². The third-order valence-electron chi connectivity index (χ3n) is 3.39. The fourth-order valence-corrected chi connectivity index (χ4v) is 2.53. The van der Waals surface area contributed by atoms with Gasteiger partial charge in [0.1, 0.15) is 10.8 Å². The normalized spacial score (nSPS) is 15.5. The average molecular weight is 297 g/mol. The van der Waals surface area contributed by atoms with Crippen LogP contribution in [0.1, 0.15) is 11.3 Å². The van der Waals surface area contributed by atoms with Crippen molar-refractivity contribution in [3.05, 3.63) is 52.9 Å². The number of nitrogens with zero attached hydrogens (tertiary/aromatic N) is 2. The summed E-state index contributed by atoms with van der Waals surface area (Å²) in [4.78, 5) is 16.3. The van der Waals surface area contributed by atoms with Crippen LogP contribution in [0.5, 0.6) is 0 Å². The second kappa shape index (κ2) is 4.43. The van der Waals surface area contributed by atoms with Gasteiger partial charge in [-0.3, -0.25) is 9.89 Å². The molecule has 0 fully saturated rings. The van der Waals surface area contributed by atoms with Gasteiger partial charge in [0.05, 0.1) is 23.0 Å². The monoisotopic (exact) mass is 296 g/mol. The van der Waals surface area contributed by atoms with Crippen LogP contribution in [0.2, 0.25) is 5.15 Å². The molecule has 1 aromatic carbocycles. The van der Waals surface area contributed by atoms with Crippen molar-refractivity contribution >= 4 is 45.7 Å². The van der Waals surface area contributed by atoms with E-state index in [1.54, 1.807) is 24.4 Å². The first-order valence-electron chi connectivity index (χ1n) is 6.34. The number of rotatable bonds is 1. The molecular formula is C15H9ClN4O. The van der Waals surface area contributed by atoms with Crippen molar-refractivity contribution in [1.29, 1.82) is 0 Å². The second-order valence-corrected chi connectivity index (χ2v) is 5.15. The van der Waals surface area contributed by atoms with E-state index in [2.05, 4.69) is 20.5 Å². The zero-order valence-corrected chi connectivity index (χ0v) is 11.5. The maximum atomic E-state index is 12.1. The third kappa shape index (κ3) is 1.98. The fraction of sp³-hybridized carbons (Fsp3) is 0. The molecule has 1 amide bonds. The van der Waals surface area contributed by atoms with Crippen LogP contribution < -0.4 is 5.32 Å². The Bertz CT molecular complexity index is 913. The number of halogens is 1. The number of amides is 1. The van der Waals surface area contributed by atoms with Gasteiger partial charge in [-0.15, -0.1) is 0 Å². The van der Waals surface area contributed by atoms with E-state index in [9.17, 15) is 4.79 Å². The Kier molecular flexibility index (Phi) is 2.55. The number of benzene rings is 1. The molecule has 2 aromatic heterocycles. The van der Waals surface area contributed by atoms with Crippen molar-refractivity contribution in [3.8, 4) is 0 Å². The highest BCUT2D eigenvalue weighted by Crippen LogP contribution is 2.32. The number of aromatic nitrogens is 3. The highest BCUT2D eigenvalue weighted by atomic mass is 35.5. The highest BCUT2D eigenvalue weighted by molar-refractivity contribution is 6.35. The van der Waals surface area contributed by atoms with Crippen LogP contribution in [-0.2, 0) is 4.79 Å². The molecular weight excluding hydrogens is 288 g/mol. The summed E-state index contributed by atoms with van der Waals surface area (Å²) in [5, 5.41) is 11.1. The Balaban J connectivity index is 1.85. The molecule has 1 aliphatic rings. The molecule has 0 unspecified atom stereocenters. The Labute approximate surface area is 124 Å². The van der Waals surface area contributed by atoms with Gasteiger partial charge >= 0.3 is 0 Å². The number of pyridine rings is 1. The van der Waals surface area contributed by atoms with Crippen LogP contribution in [-0.4, -0.2) is 21.1 Å². The minimum Gasteiger partial charge on any atom is -0.320 e. The van der Waals surface area contributed by atoms with E-state index in [1.807, 2.05) is 18.2 Å².